The minimum Gasteiger partial charge on any atom is -0.170 e. The molecule has 0 heterocycles. The lowest BCUT2D eigenvalue weighted by Crippen LogP contribution is -2.22. The minimum absolute atomic E-state index is 0.0232. The lowest BCUT2D eigenvalue weighted by atomic mass is 10.3. The molecule has 0 aliphatic heterocycles. The maximum atomic E-state index is 11.5. The van der Waals surface area contributed by atoms with E-state index in [1.807, 2.05) is 0 Å². The molecule has 0 fully saturated rings. The zero-order chi connectivity index (χ0) is 7.49. The van der Waals surface area contributed by atoms with E-state index >= 15 is 0 Å². The summed E-state index contributed by atoms with van der Waals surface area (Å²) in [6.07, 6.45) is -4.24. The van der Waals surface area contributed by atoms with Crippen LogP contribution in [0.15, 0.2) is 0 Å². The Labute approximate surface area is 64.5 Å². The molecule has 0 aromatic carbocycles. The predicted molar refractivity (Wildman–Crippen MR) is 34.1 cm³/mol. The van der Waals surface area contributed by atoms with E-state index in [1.54, 1.807) is 0 Å². The molecule has 0 rings (SSSR count). The minimum atomic E-state index is -4.16. The summed E-state index contributed by atoms with van der Waals surface area (Å²) in [4.78, 5) is -1.46. The third-order valence-electron chi connectivity index (χ3n) is 0.718. The highest BCUT2D eigenvalue weighted by Gasteiger charge is 2.36. The van der Waals surface area contributed by atoms with Gasteiger partial charge in [-0.3, -0.25) is 0 Å². The Bertz CT molecular complexity index is 82.4. The molecule has 0 aromatic heterocycles. The van der Waals surface area contributed by atoms with Crippen molar-refractivity contribution in [2.75, 3.05) is 5.88 Å². The first-order chi connectivity index (χ1) is 3.98. The standard InChI is InChI=1S/C4H5BrClF3/c5-3(1-2-6)4(7,8)9/h3H,1-2H2. The highest BCUT2D eigenvalue weighted by Crippen LogP contribution is 2.28. The molecule has 1 atom stereocenters. The number of hydrogen-bond donors (Lipinski definition) is 0. The third kappa shape index (κ3) is 4.03. The zero-order valence-corrected chi connectivity index (χ0v) is 6.72. The van der Waals surface area contributed by atoms with Gasteiger partial charge in [0.25, 0.3) is 0 Å². The summed E-state index contributed by atoms with van der Waals surface area (Å²) in [6, 6.07) is 0. The monoisotopic (exact) mass is 224 g/mol. The van der Waals surface area contributed by atoms with E-state index < -0.39 is 11.0 Å². The van der Waals surface area contributed by atoms with Gasteiger partial charge in [0, 0.05) is 5.88 Å². The van der Waals surface area contributed by atoms with Crippen LogP contribution < -0.4 is 0 Å². The van der Waals surface area contributed by atoms with Crippen LogP contribution in [0.1, 0.15) is 6.42 Å². The molecule has 0 aromatic rings. The molecule has 0 amide bonds. The van der Waals surface area contributed by atoms with Crippen molar-refractivity contribution in [1.82, 2.24) is 0 Å². The summed E-state index contributed by atoms with van der Waals surface area (Å²) < 4.78 is 34.6. The van der Waals surface area contributed by atoms with Crippen molar-refractivity contribution < 1.29 is 13.2 Å². The number of alkyl halides is 5. The molecule has 0 saturated heterocycles. The van der Waals surface area contributed by atoms with Gasteiger partial charge in [-0.25, -0.2) is 0 Å². The van der Waals surface area contributed by atoms with Crippen LogP contribution in [0, 0.1) is 0 Å². The zero-order valence-electron chi connectivity index (χ0n) is 4.38. The number of halogens is 5. The second kappa shape index (κ2) is 3.66. The second-order valence-electron chi connectivity index (χ2n) is 1.49. The molecule has 0 bridgehead atoms. The molecule has 5 heteroatoms. The normalized spacial score (nSPS) is 15.7. The highest BCUT2D eigenvalue weighted by atomic mass is 79.9. The van der Waals surface area contributed by atoms with Crippen molar-refractivity contribution in [3.8, 4) is 0 Å². The van der Waals surface area contributed by atoms with Crippen molar-refractivity contribution in [2.45, 2.75) is 17.4 Å². The van der Waals surface area contributed by atoms with Crippen LogP contribution in [-0.4, -0.2) is 16.9 Å². The van der Waals surface area contributed by atoms with Gasteiger partial charge < -0.3 is 0 Å². The predicted octanol–water partition coefficient (Wildman–Crippen LogP) is 2.94. The quantitative estimate of drug-likeness (QED) is 0.634. The Morgan fingerprint density at radius 2 is 1.89 bits per heavy atom. The van der Waals surface area contributed by atoms with E-state index in [0.717, 1.165) is 0 Å². The average molecular weight is 225 g/mol. The molecule has 1 unspecified atom stereocenters. The van der Waals surface area contributed by atoms with Crippen molar-refractivity contribution in [3.63, 3.8) is 0 Å². The molecular weight excluding hydrogens is 220 g/mol. The van der Waals surface area contributed by atoms with Gasteiger partial charge >= 0.3 is 6.18 Å². The molecule has 0 radical (unpaired) electrons. The summed E-state index contributed by atoms with van der Waals surface area (Å²) in [5.41, 5.74) is 0. The number of rotatable bonds is 2. The van der Waals surface area contributed by atoms with Crippen molar-refractivity contribution >= 4 is 27.5 Å². The van der Waals surface area contributed by atoms with Crippen LogP contribution in [0.5, 0.6) is 0 Å². The Hall–Kier alpha value is 0.560. The Morgan fingerprint density at radius 1 is 1.44 bits per heavy atom. The maximum Gasteiger partial charge on any atom is 0.401 e. The summed E-state index contributed by atoms with van der Waals surface area (Å²) in [7, 11) is 0. The van der Waals surface area contributed by atoms with Gasteiger partial charge in [0.15, 0.2) is 0 Å². The smallest absolute Gasteiger partial charge is 0.170 e. The van der Waals surface area contributed by atoms with Crippen molar-refractivity contribution in [2.24, 2.45) is 0 Å². The van der Waals surface area contributed by atoms with E-state index in [9.17, 15) is 13.2 Å². The fourth-order valence-corrected chi connectivity index (χ4v) is 0.970. The van der Waals surface area contributed by atoms with Crippen molar-refractivity contribution in [3.05, 3.63) is 0 Å². The molecule has 0 saturated carbocycles. The van der Waals surface area contributed by atoms with E-state index in [-0.39, 0.29) is 12.3 Å². The third-order valence-corrected chi connectivity index (χ3v) is 1.91. The highest BCUT2D eigenvalue weighted by molar-refractivity contribution is 9.09. The first-order valence-corrected chi connectivity index (χ1v) is 3.70. The number of hydrogen-bond acceptors (Lipinski definition) is 0. The molecule has 0 aliphatic rings. The van der Waals surface area contributed by atoms with Gasteiger partial charge in [0.2, 0.25) is 0 Å². The maximum absolute atomic E-state index is 11.5. The van der Waals surface area contributed by atoms with Crippen LogP contribution in [0.2, 0.25) is 0 Å². The fourth-order valence-electron chi connectivity index (χ4n) is 0.259. The molecule has 0 spiro atoms. The molecule has 9 heavy (non-hydrogen) atoms. The fraction of sp³-hybridized carbons (Fsp3) is 1.00. The second-order valence-corrected chi connectivity index (χ2v) is 2.97. The lowest BCUT2D eigenvalue weighted by Gasteiger charge is -2.10. The van der Waals surface area contributed by atoms with E-state index in [2.05, 4.69) is 15.9 Å². The molecule has 0 N–H and O–H groups in total. The SMILES string of the molecule is FC(F)(F)C(Br)CCCl. The first kappa shape index (κ1) is 9.56. The molecular formula is C4H5BrClF3. The van der Waals surface area contributed by atoms with Gasteiger partial charge in [-0.1, -0.05) is 15.9 Å². The van der Waals surface area contributed by atoms with Crippen LogP contribution >= 0.6 is 27.5 Å². The molecule has 0 nitrogen and oxygen atoms in total. The Morgan fingerprint density at radius 3 is 2.00 bits per heavy atom. The lowest BCUT2D eigenvalue weighted by molar-refractivity contribution is -0.127. The van der Waals surface area contributed by atoms with Gasteiger partial charge in [-0.15, -0.1) is 11.6 Å². The van der Waals surface area contributed by atoms with Crippen LogP contribution in [-0.2, 0) is 0 Å². The van der Waals surface area contributed by atoms with Crippen LogP contribution in [0.25, 0.3) is 0 Å². The van der Waals surface area contributed by atoms with Gasteiger partial charge in [0.1, 0.15) is 4.83 Å². The van der Waals surface area contributed by atoms with Crippen LogP contribution in [0.3, 0.4) is 0 Å². The molecule has 56 valence electrons. The summed E-state index contributed by atoms with van der Waals surface area (Å²) >= 11 is 7.52. The van der Waals surface area contributed by atoms with Gasteiger partial charge in [0.05, 0.1) is 0 Å². The first-order valence-electron chi connectivity index (χ1n) is 2.25. The van der Waals surface area contributed by atoms with Crippen LogP contribution in [0.4, 0.5) is 13.2 Å². The van der Waals surface area contributed by atoms with E-state index in [0.29, 0.717) is 0 Å². The topological polar surface area (TPSA) is 0 Å². The van der Waals surface area contributed by atoms with Gasteiger partial charge in [-0.2, -0.15) is 13.2 Å². The molecule has 0 aliphatic carbocycles. The average Bonchev–Trinajstić information content (AvgIpc) is 1.64. The van der Waals surface area contributed by atoms with E-state index in [4.69, 9.17) is 11.6 Å². The Balaban J connectivity index is 3.59. The largest absolute Gasteiger partial charge is 0.401 e. The summed E-state index contributed by atoms with van der Waals surface area (Å²) in [5.74, 6) is 0.0232. The van der Waals surface area contributed by atoms with Gasteiger partial charge in [-0.05, 0) is 6.42 Å². The Kier molecular flexibility index (Phi) is 3.89. The van der Waals surface area contributed by atoms with E-state index in [1.165, 1.54) is 0 Å². The summed E-state index contributed by atoms with van der Waals surface area (Å²) in [5, 5.41) is 0. The summed E-state index contributed by atoms with van der Waals surface area (Å²) in [6.45, 7) is 0. The van der Waals surface area contributed by atoms with Crippen molar-refractivity contribution in [1.29, 1.82) is 0 Å².